The number of carbonyl (C=O) groups is 2. The molecule has 1 aromatic heterocycles. The molecule has 0 aliphatic rings. The van der Waals surface area contributed by atoms with E-state index < -0.39 is 5.97 Å². The number of hydrogen-bond donors (Lipinski definition) is 2. The first kappa shape index (κ1) is 15.2. The number of hydrogen-bond acceptors (Lipinski definition) is 4. The standard InChI is InChI=1S/C15H16N2O3S/c1-8-4-5-9(2)11(6-8)14(18)16-7-12-17-10(3)13(21-12)15(19)20/h4-6H,7H2,1-3H3,(H,16,18)(H,19,20). The number of carboxylic acid groups (broad SMARTS) is 1. The van der Waals surface area contributed by atoms with E-state index in [1.54, 1.807) is 6.92 Å². The van der Waals surface area contributed by atoms with E-state index in [-0.39, 0.29) is 17.3 Å². The van der Waals surface area contributed by atoms with Crippen molar-refractivity contribution in [2.75, 3.05) is 0 Å². The van der Waals surface area contributed by atoms with Gasteiger partial charge in [0.15, 0.2) is 0 Å². The fourth-order valence-corrected chi connectivity index (χ4v) is 2.80. The Hall–Kier alpha value is -2.21. The van der Waals surface area contributed by atoms with Crippen LogP contribution in [0.25, 0.3) is 0 Å². The van der Waals surface area contributed by atoms with E-state index in [1.807, 2.05) is 32.0 Å². The molecular formula is C15H16N2O3S. The molecule has 5 nitrogen and oxygen atoms in total. The van der Waals surface area contributed by atoms with Crippen LogP contribution in [0.5, 0.6) is 0 Å². The van der Waals surface area contributed by atoms with Crippen LogP contribution in [0.15, 0.2) is 18.2 Å². The first-order valence-corrected chi connectivity index (χ1v) is 7.25. The van der Waals surface area contributed by atoms with Crippen LogP contribution < -0.4 is 5.32 Å². The van der Waals surface area contributed by atoms with Gasteiger partial charge in [-0.1, -0.05) is 17.7 Å². The normalized spacial score (nSPS) is 10.4. The number of rotatable bonds is 4. The van der Waals surface area contributed by atoms with Gasteiger partial charge in [-0.2, -0.15) is 0 Å². The third-order valence-electron chi connectivity index (χ3n) is 3.07. The minimum absolute atomic E-state index is 0.180. The van der Waals surface area contributed by atoms with E-state index in [0.29, 0.717) is 16.3 Å². The van der Waals surface area contributed by atoms with Crippen molar-refractivity contribution in [3.63, 3.8) is 0 Å². The van der Waals surface area contributed by atoms with E-state index in [1.165, 1.54) is 0 Å². The minimum atomic E-state index is -0.989. The lowest BCUT2D eigenvalue weighted by Gasteiger charge is -2.07. The summed E-state index contributed by atoms with van der Waals surface area (Å²) in [4.78, 5) is 27.5. The molecular weight excluding hydrogens is 288 g/mol. The topological polar surface area (TPSA) is 79.3 Å². The molecule has 0 fully saturated rings. The fourth-order valence-electron chi connectivity index (χ4n) is 1.96. The Morgan fingerprint density at radius 2 is 2.00 bits per heavy atom. The van der Waals surface area contributed by atoms with Crippen molar-refractivity contribution in [1.29, 1.82) is 0 Å². The van der Waals surface area contributed by atoms with Crippen LogP contribution in [0.4, 0.5) is 0 Å². The van der Waals surface area contributed by atoms with E-state index in [4.69, 9.17) is 5.11 Å². The van der Waals surface area contributed by atoms with Gasteiger partial charge in [0.1, 0.15) is 9.88 Å². The fraction of sp³-hybridized carbons (Fsp3) is 0.267. The summed E-state index contributed by atoms with van der Waals surface area (Å²) < 4.78 is 0. The number of thiazole rings is 1. The van der Waals surface area contributed by atoms with Crippen LogP contribution in [0, 0.1) is 20.8 Å². The maximum atomic E-state index is 12.2. The van der Waals surface area contributed by atoms with Crippen LogP contribution in [-0.4, -0.2) is 22.0 Å². The largest absolute Gasteiger partial charge is 0.477 e. The molecule has 1 aromatic carbocycles. The van der Waals surface area contributed by atoms with E-state index in [0.717, 1.165) is 22.5 Å². The number of aromatic carboxylic acids is 1. The second-order valence-corrected chi connectivity index (χ2v) is 5.91. The molecule has 0 atom stereocenters. The van der Waals surface area contributed by atoms with Gasteiger partial charge in [-0.05, 0) is 32.4 Å². The number of benzene rings is 1. The first-order chi connectivity index (χ1) is 9.88. The van der Waals surface area contributed by atoms with Crippen LogP contribution in [0.2, 0.25) is 0 Å². The van der Waals surface area contributed by atoms with Gasteiger partial charge >= 0.3 is 5.97 Å². The van der Waals surface area contributed by atoms with Crippen molar-refractivity contribution in [2.24, 2.45) is 0 Å². The third-order valence-corrected chi connectivity index (χ3v) is 4.22. The maximum Gasteiger partial charge on any atom is 0.347 e. The van der Waals surface area contributed by atoms with Gasteiger partial charge in [-0.15, -0.1) is 11.3 Å². The number of carbonyl (C=O) groups excluding carboxylic acids is 1. The lowest BCUT2D eigenvalue weighted by Crippen LogP contribution is -2.23. The molecule has 0 unspecified atom stereocenters. The summed E-state index contributed by atoms with van der Waals surface area (Å²) in [6.45, 7) is 5.69. The van der Waals surface area contributed by atoms with Gasteiger partial charge in [0.05, 0.1) is 12.2 Å². The minimum Gasteiger partial charge on any atom is -0.477 e. The van der Waals surface area contributed by atoms with Crippen molar-refractivity contribution in [1.82, 2.24) is 10.3 Å². The van der Waals surface area contributed by atoms with Gasteiger partial charge in [0, 0.05) is 5.56 Å². The molecule has 0 saturated heterocycles. The molecule has 0 bridgehead atoms. The Balaban J connectivity index is 2.09. The Bertz CT molecular complexity index is 707. The maximum absolute atomic E-state index is 12.2. The van der Waals surface area contributed by atoms with Crippen molar-refractivity contribution in [2.45, 2.75) is 27.3 Å². The molecule has 0 spiro atoms. The highest BCUT2D eigenvalue weighted by atomic mass is 32.1. The van der Waals surface area contributed by atoms with Crippen LogP contribution >= 0.6 is 11.3 Å². The highest BCUT2D eigenvalue weighted by molar-refractivity contribution is 7.13. The molecule has 2 rings (SSSR count). The monoisotopic (exact) mass is 304 g/mol. The summed E-state index contributed by atoms with van der Waals surface area (Å²) in [6.07, 6.45) is 0. The van der Waals surface area contributed by atoms with E-state index >= 15 is 0 Å². The second kappa shape index (κ2) is 6.05. The predicted octanol–water partition coefficient (Wildman–Crippen LogP) is 2.70. The highest BCUT2D eigenvalue weighted by Crippen LogP contribution is 2.18. The average Bonchev–Trinajstić information content (AvgIpc) is 2.80. The SMILES string of the molecule is Cc1ccc(C)c(C(=O)NCc2nc(C)c(C(=O)O)s2)c1. The quantitative estimate of drug-likeness (QED) is 0.910. The molecule has 1 heterocycles. The van der Waals surface area contributed by atoms with Gasteiger partial charge < -0.3 is 10.4 Å². The molecule has 0 radical (unpaired) electrons. The van der Waals surface area contributed by atoms with Gasteiger partial charge in [-0.3, -0.25) is 4.79 Å². The summed E-state index contributed by atoms with van der Waals surface area (Å²) in [6, 6.07) is 5.69. The summed E-state index contributed by atoms with van der Waals surface area (Å²) in [5.74, 6) is -1.17. The van der Waals surface area contributed by atoms with Crippen molar-refractivity contribution < 1.29 is 14.7 Å². The van der Waals surface area contributed by atoms with Gasteiger partial charge in [0.2, 0.25) is 0 Å². The van der Waals surface area contributed by atoms with Gasteiger partial charge in [0.25, 0.3) is 5.91 Å². The summed E-state index contributed by atoms with van der Waals surface area (Å²) >= 11 is 1.09. The zero-order valence-corrected chi connectivity index (χ0v) is 12.9. The van der Waals surface area contributed by atoms with Crippen molar-refractivity contribution in [3.05, 3.63) is 50.5 Å². The molecule has 21 heavy (non-hydrogen) atoms. The van der Waals surface area contributed by atoms with E-state index in [2.05, 4.69) is 10.3 Å². The smallest absolute Gasteiger partial charge is 0.347 e. The molecule has 0 saturated carbocycles. The Morgan fingerprint density at radius 1 is 1.29 bits per heavy atom. The summed E-state index contributed by atoms with van der Waals surface area (Å²) in [5.41, 5.74) is 3.02. The third kappa shape index (κ3) is 3.46. The molecule has 2 N–H and O–H groups in total. The zero-order valence-electron chi connectivity index (χ0n) is 12.1. The van der Waals surface area contributed by atoms with Crippen molar-refractivity contribution in [3.8, 4) is 0 Å². The Morgan fingerprint density at radius 3 is 2.62 bits per heavy atom. The molecule has 2 aromatic rings. The molecule has 110 valence electrons. The second-order valence-electron chi connectivity index (χ2n) is 4.83. The molecule has 0 aliphatic heterocycles. The zero-order chi connectivity index (χ0) is 15.6. The van der Waals surface area contributed by atoms with Crippen LogP contribution in [0.3, 0.4) is 0 Å². The number of nitrogens with zero attached hydrogens (tertiary/aromatic N) is 1. The summed E-state index contributed by atoms with van der Waals surface area (Å²) in [5, 5.41) is 12.3. The Labute approximate surface area is 126 Å². The number of amides is 1. The van der Waals surface area contributed by atoms with Crippen LogP contribution in [0.1, 0.15) is 41.9 Å². The number of aryl methyl sites for hydroxylation is 3. The van der Waals surface area contributed by atoms with Gasteiger partial charge in [-0.25, -0.2) is 9.78 Å². The Kier molecular flexibility index (Phi) is 4.37. The van der Waals surface area contributed by atoms with Crippen molar-refractivity contribution >= 4 is 23.2 Å². The predicted molar refractivity (Wildman–Crippen MR) is 80.9 cm³/mol. The van der Waals surface area contributed by atoms with E-state index in [9.17, 15) is 9.59 Å². The molecule has 6 heteroatoms. The summed E-state index contributed by atoms with van der Waals surface area (Å²) in [7, 11) is 0. The first-order valence-electron chi connectivity index (χ1n) is 6.43. The number of carboxylic acids is 1. The van der Waals surface area contributed by atoms with Crippen LogP contribution in [-0.2, 0) is 6.54 Å². The lowest BCUT2D eigenvalue weighted by molar-refractivity contribution is 0.0701. The number of nitrogens with one attached hydrogen (secondary N) is 1. The average molecular weight is 304 g/mol. The molecule has 0 aliphatic carbocycles. The lowest BCUT2D eigenvalue weighted by atomic mass is 10.1. The molecule has 1 amide bonds. The highest BCUT2D eigenvalue weighted by Gasteiger charge is 2.15. The number of aromatic nitrogens is 1.